The van der Waals surface area contributed by atoms with Crippen LogP contribution in [-0.2, 0) is 4.74 Å². The molecular formula is C14H28N2O2. The Morgan fingerprint density at radius 2 is 2.06 bits per heavy atom. The van der Waals surface area contributed by atoms with Gasteiger partial charge in [-0.1, -0.05) is 27.7 Å². The molecule has 4 heteroatoms. The molecule has 0 spiro atoms. The maximum atomic E-state index is 11.8. The molecule has 0 saturated carbocycles. The SMILES string of the molecule is CCOC(=O)N1CC(C)CC(NCC(C)(C)C)C1. The van der Waals surface area contributed by atoms with E-state index in [1.54, 1.807) is 0 Å². The Morgan fingerprint density at radius 1 is 1.39 bits per heavy atom. The van der Waals surface area contributed by atoms with Gasteiger partial charge < -0.3 is 15.0 Å². The Morgan fingerprint density at radius 3 is 2.61 bits per heavy atom. The first-order valence-corrected chi connectivity index (χ1v) is 6.97. The Labute approximate surface area is 111 Å². The number of likely N-dealkylation sites (tertiary alicyclic amines) is 1. The highest BCUT2D eigenvalue weighted by atomic mass is 16.6. The van der Waals surface area contributed by atoms with Crippen molar-refractivity contribution in [3.05, 3.63) is 0 Å². The first-order valence-electron chi connectivity index (χ1n) is 6.97. The van der Waals surface area contributed by atoms with Gasteiger partial charge in [0.25, 0.3) is 0 Å². The van der Waals surface area contributed by atoms with E-state index in [-0.39, 0.29) is 11.5 Å². The smallest absolute Gasteiger partial charge is 0.409 e. The van der Waals surface area contributed by atoms with E-state index in [4.69, 9.17) is 4.74 Å². The van der Waals surface area contributed by atoms with Crippen LogP contribution in [0.3, 0.4) is 0 Å². The lowest BCUT2D eigenvalue weighted by atomic mass is 9.93. The molecule has 1 rings (SSSR count). The number of amides is 1. The summed E-state index contributed by atoms with van der Waals surface area (Å²) in [6, 6.07) is 0.386. The van der Waals surface area contributed by atoms with Crippen molar-refractivity contribution in [3.63, 3.8) is 0 Å². The van der Waals surface area contributed by atoms with Gasteiger partial charge in [0, 0.05) is 25.7 Å². The van der Waals surface area contributed by atoms with Crippen molar-refractivity contribution in [2.75, 3.05) is 26.2 Å². The number of rotatable bonds is 3. The highest BCUT2D eigenvalue weighted by Crippen LogP contribution is 2.19. The summed E-state index contributed by atoms with van der Waals surface area (Å²) >= 11 is 0. The summed E-state index contributed by atoms with van der Waals surface area (Å²) in [5.74, 6) is 0.528. The standard InChI is InChI=1S/C14H28N2O2/c1-6-18-13(17)16-8-11(2)7-12(9-16)15-10-14(3,4)5/h11-12,15H,6-10H2,1-5H3. The number of piperidine rings is 1. The molecule has 0 radical (unpaired) electrons. The Hall–Kier alpha value is -0.770. The molecule has 106 valence electrons. The molecule has 0 aromatic heterocycles. The van der Waals surface area contributed by atoms with E-state index in [9.17, 15) is 4.79 Å². The molecule has 1 amide bonds. The van der Waals surface area contributed by atoms with E-state index >= 15 is 0 Å². The van der Waals surface area contributed by atoms with E-state index < -0.39 is 0 Å². The number of nitrogens with zero attached hydrogens (tertiary/aromatic N) is 1. The summed E-state index contributed by atoms with van der Waals surface area (Å²) in [5, 5.41) is 3.57. The molecule has 1 aliphatic heterocycles. The number of carbonyl (C=O) groups is 1. The van der Waals surface area contributed by atoms with Gasteiger partial charge in [-0.05, 0) is 24.7 Å². The molecule has 0 aliphatic carbocycles. The van der Waals surface area contributed by atoms with Gasteiger partial charge in [0.05, 0.1) is 6.61 Å². The molecule has 0 aromatic rings. The second-order valence-electron chi connectivity index (χ2n) is 6.58. The van der Waals surface area contributed by atoms with E-state index in [0.717, 1.165) is 26.1 Å². The van der Waals surface area contributed by atoms with Crippen LogP contribution >= 0.6 is 0 Å². The fraction of sp³-hybridized carbons (Fsp3) is 0.929. The van der Waals surface area contributed by atoms with E-state index in [0.29, 0.717) is 18.6 Å². The Balaban J connectivity index is 2.47. The summed E-state index contributed by atoms with van der Waals surface area (Å²) in [6.45, 7) is 13.7. The second kappa shape index (κ2) is 6.41. The van der Waals surface area contributed by atoms with Crippen molar-refractivity contribution in [1.29, 1.82) is 0 Å². The maximum Gasteiger partial charge on any atom is 0.409 e. The molecule has 1 N–H and O–H groups in total. The van der Waals surface area contributed by atoms with Crippen LogP contribution < -0.4 is 5.32 Å². The lowest BCUT2D eigenvalue weighted by Crippen LogP contribution is -2.52. The van der Waals surface area contributed by atoms with Crippen LogP contribution in [0.2, 0.25) is 0 Å². The second-order valence-corrected chi connectivity index (χ2v) is 6.58. The highest BCUT2D eigenvalue weighted by Gasteiger charge is 2.28. The van der Waals surface area contributed by atoms with E-state index in [1.807, 2.05) is 11.8 Å². The summed E-state index contributed by atoms with van der Waals surface area (Å²) < 4.78 is 5.08. The third-order valence-electron chi connectivity index (χ3n) is 3.11. The first-order chi connectivity index (χ1) is 8.31. The van der Waals surface area contributed by atoms with Gasteiger partial charge in [0.1, 0.15) is 0 Å². The molecule has 1 aliphatic rings. The zero-order chi connectivity index (χ0) is 13.8. The average Bonchev–Trinajstić information content (AvgIpc) is 2.25. The number of hydrogen-bond acceptors (Lipinski definition) is 3. The Bertz CT molecular complexity index is 273. The summed E-state index contributed by atoms with van der Waals surface area (Å²) in [7, 11) is 0. The minimum atomic E-state index is -0.174. The minimum absolute atomic E-state index is 0.174. The maximum absolute atomic E-state index is 11.8. The van der Waals surface area contributed by atoms with Gasteiger partial charge in [-0.2, -0.15) is 0 Å². The monoisotopic (exact) mass is 256 g/mol. The van der Waals surface area contributed by atoms with Crippen LogP contribution in [0.5, 0.6) is 0 Å². The van der Waals surface area contributed by atoms with Gasteiger partial charge >= 0.3 is 6.09 Å². The summed E-state index contributed by atoms with van der Waals surface area (Å²) in [5.41, 5.74) is 0.273. The lowest BCUT2D eigenvalue weighted by Gasteiger charge is -2.37. The van der Waals surface area contributed by atoms with E-state index in [2.05, 4.69) is 33.0 Å². The third kappa shape index (κ3) is 5.25. The van der Waals surface area contributed by atoms with Crippen LogP contribution in [0.1, 0.15) is 41.0 Å². The summed E-state index contributed by atoms with van der Waals surface area (Å²) in [6.07, 6.45) is 0.957. The van der Waals surface area contributed by atoms with Crippen LogP contribution in [-0.4, -0.2) is 43.3 Å². The van der Waals surface area contributed by atoms with Crippen LogP contribution in [0, 0.1) is 11.3 Å². The number of nitrogens with one attached hydrogen (secondary N) is 1. The quantitative estimate of drug-likeness (QED) is 0.843. The largest absolute Gasteiger partial charge is 0.450 e. The van der Waals surface area contributed by atoms with Gasteiger partial charge in [-0.15, -0.1) is 0 Å². The van der Waals surface area contributed by atoms with Crippen molar-refractivity contribution in [2.45, 2.75) is 47.1 Å². The van der Waals surface area contributed by atoms with Crippen molar-refractivity contribution in [1.82, 2.24) is 10.2 Å². The molecule has 0 bridgehead atoms. The predicted octanol–water partition coefficient (Wildman–Crippen LogP) is 2.49. The highest BCUT2D eigenvalue weighted by molar-refractivity contribution is 5.67. The number of ether oxygens (including phenoxy) is 1. The third-order valence-corrected chi connectivity index (χ3v) is 3.11. The van der Waals surface area contributed by atoms with Crippen LogP contribution in [0.25, 0.3) is 0 Å². The zero-order valence-electron chi connectivity index (χ0n) is 12.5. The molecule has 2 atom stereocenters. The van der Waals surface area contributed by atoms with Crippen molar-refractivity contribution >= 4 is 6.09 Å². The first kappa shape index (κ1) is 15.3. The van der Waals surface area contributed by atoms with Crippen molar-refractivity contribution in [3.8, 4) is 0 Å². The molecule has 4 nitrogen and oxygen atoms in total. The van der Waals surface area contributed by atoms with Crippen molar-refractivity contribution < 1.29 is 9.53 Å². The van der Waals surface area contributed by atoms with Crippen LogP contribution in [0.15, 0.2) is 0 Å². The molecule has 2 unspecified atom stereocenters. The lowest BCUT2D eigenvalue weighted by molar-refractivity contribution is 0.0802. The predicted molar refractivity (Wildman–Crippen MR) is 73.6 cm³/mol. The summed E-state index contributed by atoms with van der Waals surface area (Å²) in [4.78, 5) is 13.6. The number of carbonyl (C=O) groups excluding carboxylic acids is 1. The zero-order valence-corrected chi connectivity index (χ0v) is 12.5. The molecule has 1 saturated heterocycles. The van der Waals surface area contributed by atoms with Gasteiger partial charge in [0.2, 0.25) is 0 Å². The van der Waals surface area contributed by atoms with Gasteiger partial charge in [-0.3, -0.25) is 0 Å². The fourth-order valence-electron chi connectivity index (χ4n) is 2.31. The van der Waals surface area contributed by atoms with E-state index in [1.165, 1.54) is 0 Å². The topological polar surface area (TPSA) is 41.6 Å². The Kier molecular flexibility index (Phi) is 5.45. The molecule has 18 heavy (non-hydrogen) atoms. The fourth-order valence-corrected chi connectivity index (χ4v) is 2.31. The van der Waals surface area contributed by atoms with Gasteiger partial charge in [0.15, 0.2) is 0 Å². The van der Waals surface area contributed by atoms with Gasteiger partial charge in [-0.25, -0.2) is 4.79 Å². The van der Waals surface area contributed by atoms with Crippen molar-refractivity contribution in [2.24, 2.45) is 11.3 Å². The average molecular weight is 256 g/mol. The number of hydrogen-bond donors (Lipinski definition) is 1. The minimum Gasteiger partial charge on any atom is -0.450 e. The molecular weight excluding hydrogens is 228 g/mol. The molecule has 1 fully saturated rings. The molecule has 1 heterocycles. The molecule has 0 aromatic carbocycles. The van der Waals surface area contributed by atoms with Crippen LogP contribution in [0.4, 0.5) is 4.79 Å². The normalized spacial score (nSPS) is 25.1.